The van der Waals surface area contributed by atoms with Crippen LogP contribution in [-0.2, 0) is 4.79 Å². The first-order valence-electron chi connectivity index (χ1n) is 10.5. The third-order valence-corrected chi connectivity index (χ3v) is 5.51. The lowest BCUT2D eigenvalue weighted by molar-refractivity contribution is -0.127. The number of hydrazone groups is 1. The first-order chi connectivity index (χ1) is 16.5. The molecule has 1 N–H and O–H groups in total. The van der Waals surface area contributed by atoms with Crippen LogP contribution < -0.4 is 14.9 Å². The molecule has 0 aromatic heterocycles. The van der Waals surface area contributed by atoms with Crippen molar-refractivity contribution >= 4 is 44.8 Å². The second-order valence-electron chi connectivity index (χ2n) is 7.44. The lowest BCUT2D eigenvalue weighted by Crippen LogP contribution is -2.33. The number of hydrogen-bond donors (Lipinski definition) is 1. The van der Waals surface area contributed by atoms with E-state index in [9.17, 15) is 9.59 Å². The van der Waals surface area contributed by atoms with Gasteiger partial charge in [0.15, 0.2) is 6.10 Å². The number of ether oxygens (including phenoxy) is 2. The summed E-state index contributed by atoms with van der Waals surface area (Å²) in [6.45, 7) is 1.67. The number of nitrogens with one attached hydrogen (secondary N) is 1. The van der Waals surface area contributed by atoms with Crippen LogP contribution in [0.3, 0.4) is 0 Å². The number of rotatable bonds is 7. The Kier molecular flexibility index (Phi) is 7.34. The Morgan fingerprint density at radius 1 is 0.912 bits per heavy atom. The molecule has 0 bridgehead atoms. The maximum Gasteiger partial charge on any atom is 0.343 e. The molecular formula is C27H21BrN2O4. The van der Waals surface area contributed by atoms with Crippen molar-refractivity contribution in [2.75, 3.05) is 0 Å². The van der Waals surface area contributed by atoms with Crippen LogP contribution in [0.5, 0.6) is 11.5 Å². The molecule has 4 aromatic carbocycles. The molecule has 1 amide bonds. The summed E-state index contributed by atoms with van der Waals surface area (Å²) in [5.41, 5.74) is 3.67. The van der Waals surface area contributed by atoms with Crippen molar-refractivity contribution in [2.24, 2.45) is 5.10 Å². The minimum absolute atomic E-state index is 0.371. The number of amides is 1. The molecular weight excluding hydrogens is 496 g/mol. The fourth-order valence-corrected chi connectivity index (χ4v) is 3.44. The van der Waals surface area contributed by atoms with Gasteiger partial charge in [-0.3, -0.25) is 4.79 Å². The molecule has 0 saturated heterocycles. The van der Waals surface area contributed by atoms with Crippen LogP contribution in [0.2, 0.25) is 0 Å². The molecule has 0 fully saturated rings. The molecule has 0 radical (unpaired) electrons. The van der Waals surface area contributed by atoms with Gasteiger partial charge in [-0.2, -0.15) is 5.10 Å². The van der Waals surface area contributed by atoms with Gasteiger partial charge in [-0.25, -0.2) is 10.2 Å². The lowest BCUT2D eigenvalue weighted by Gasteiger charge is -2.14. The van der Waals surface area contributed by atoms with Gasteiger partial charge in [-0.15, -0.1) is 0 Å². The van der Waals surface area contributed by atoms with Gasteiger partial charge in [0.05, 0.1) is 11.8 Å². The molecule has 0 heterocycles. The van der Waals surface area contributed by atoms with Gasteiger partial charge in [-0.05, 0) is 72.5 Å². The Morgan fingerprint density at radius 3 is 2.38 bits per heavy atom. The number of fused-ring (bicyclic) bond motifs is 1. The highest BCUT2D eigenvalue weighted by molar-refractivity contribution is 9.10. The number of benzene rings is 4. The van der Waals surface area contributed by atoms with Crippen LogP contribution in [0, 0.1) is 0 Å². The number of carbonyl (C=O) groups is 2. The number of hydrogen-bond acceptors (Lipinski definition) is 5. The quantitative estimate of drug-likeness (QED) is 0.147. The van der Waals surface area contributed by atoms with Crippen molar-refractivity contribution in [3.63, 3.8) is 0 Å². The van der Waals surface area contributed by atoms with E-state index in [2.05, 4.69) is 26.5 Å². The summed E-state index contributed by atoms with van der Waals surface area (Å²) in [6, 6.07) is 27.2. The number of halogens is 1. The zero-order valence-corrected chi connectivity index (χ0v) is 19.9. The van der Waals surface area contributed by atoms with Gasteiger partial charge >= 0.3 is 5.97 Å². The lowest BCUT2D eigenvalue weighted by atomic mass is 10.1. The second kappa shape index (κ2) is 10.8. The Hall–Kier alpha value is -3.97. The van der Waals surface area contributed by atoms with Gasteiger partial charge < -0.3 is 9.47 Å². The van der Waals surface area contributed by atoms with E-state index in [1.807, 2.05) is 42.5 Å². The predicted molar refractivity (Wildman–Crippen MR) is 135 cm³/mol. The molecule has 4 aromatic rings. The maximum atomic E-state index is 12.4. The van der Waals surface area contributed by atoms with E-state index < -0.39 is 12.1 Å². The molecule has 0 saturated carbocycles. The average Bonchev–Trinajstić information content (AvgIpc) is 2.85. The molecule has 0 aliphatic heterocycles. The molecule has 0 aliphatic rings. The standard InChI is InChI=1S/C27H21BrN2O4/c1-18(33-25-8-4-6-20-5-2-3-7-24(20)25)26(31)30-29-17-19-9-15-23(16-10-19)34-27(32)21-11-13-22(28)14-12-21/h2-18H,1H3,(H,30,31)/b29-17-/t18-/m1/s1. The summed E-state index contributed by atoms with van der Waals surface area (Å²) < 4.78 is 12.1. The van der Waals surface area contributed by atoms with Crippen LogP contribution in [0.1, 0.15) is 22.8 Å². The monoisotopic (exact) mass is 516 g/mol. The zero-order valence-electron chi connectivity index (χ0n) is 18.3. The molecule has 0 aliphatic carbocycles. The fourth-order valence-electron chi connectivity index (χ4n) is 3.18. The van der Waals surface area contributed by atoms with Crippen LogP contribution in [0.25, 0.3) is 10.8 Å². The van der Waals surface area contributed by atoms with E-state index in [0.717, 1.165) is 20.8 Å². The zero-order chi connectivity index (χ0) is 23.9. The van der Waals surface area contributed by atoms with E-state index in [1.54, 1.807) is 55.5 Å². The van der Waals surface area contributed by atoms with Gasteiger partial charge in [0, 0.05) is 9.86 Å². The third kappa shape index (κ3) is 5.88. The van der Waals surface area contributed by atoms with Gasteiger partial charge in [-0.1, -0.05) is 52.3 Å². The SMILES string of the molecule is C[C@@H](Oc1cccc2ccccc12)C(=O)N/N=C\c1ccc(OC(=O)c2ccc(Br)cc2)cc1. The Bertz CT molecular complexity index is 1330. The second-order valence-corrected chi connectivity index (χ2v) is 8.35. The van der Waals surface area contributed by atoms with Crippen molar-refractivity contribution in [3.05, 3.63) is 107 Å². The smallest absolute Gasteiger partial charge is 0.343 e. The van der Waals surface area contributed by atoms with Crippen molar-refractivity contribution in [2.45, 2.75) is 13.0 Å². The minimum Gasteiger partial charge on any atom is -0.480 e. The number of nitrogens with zero attached hydrogens (tertiary/aromatic N) is 1. The Morgan fingerprint density at radius 2 is 1.62 bits per heavy atom. The van der Waals surface area contributed by atoms with E-state index in [4.69, 9.17) is 9.47 Å². The Labute approximate surface area is 205 Å². The largest absolute Gasteiger partial charge is 0.480 e. The van der Waals surface area contributed by atoms with Crippen molar-refractivity contribution < 1.29 is 19.1 Å². The fraction of sp³-hybridized carbons (Fsp3) is 0.0741. The molecule has 34 heavy (non-hydrogen) atoms. The van der Waals surface area contributed by atoms with E-state index >= 15 is 0 Å². The van der Waals surface area contributed by atoms with Crippen LogP contribution in [-0.4, -0.2) is 24.2 Å². The summed E-state index contributed by atoms with van der Waals surface area (Å²) in [5.74, 6) is 0.231. The van der Waals surface area contributed by atoms with Gasteiger partial charge in [0.1, 0.15) is 11.5 Å². The van der Waals surface area contributed by atoms with Gasteiger partial charge in [0.2, 0.25) is 0 Å². The highest BCUT2D eigenvalue weighted by Crippen LogP contribution is 2.26. The molecule has 4 rings (SSSR count). The van der Waals surface area contributed by atoms with Crippen molar-refractivity contribution in [1.29, 1.82) is 0 Å². The molecule has 170 valence electrons. The van der Waals surface area contributed by atoms with Gasteiger partial charge in [0.25, 0.3) is 5.91 Å². The van der Waals surface area contributed by atoms with Crippen LogP contribution in [0.15, 0.2) is 101 Å². The van der Waals surface area contributed by atoms with Crippen LogP contribution in [0.4, 0.5) is 0 Å². The highest BCUT2D eigenvalue weighted by Gasteiger charge is 2.15. The minimum atomic E-state index is -0.733. The van der Waals surface area contributed by atoms with Crippen molar-refractivity contribution in [1.82, 2.24) is 5.43 Å². The van der Waals surface area contributed by atoms with E-state index in [1.165, 1.54) is 6.21 Å². The van der Waals surface area contributed by atoms with Crippen LogP contribution >= 0.6 is 15.9 Å². The molecule has 0 unspecified atom stereocenters. The Balaban J connectivity index is 1.30. The number of esters is 1. The number of carbonyl (C=O) groups excluding carboxylic acids is 2. The maximum absolute atomic E-state index is 12.4. The summed E-state index contributed by atoms with van der Waals surface area (Å²) in [7, 11) is 0. The molecule has 6 nitrogen and oxygen atoms in total. The first-order valence-corrected chi connectivity index (χ1v) is 11.3. The summed E-state index contributed by atoms with van der Waals surface area (Å²) in [6.07, 6.45) is 0.770. The summed E-state index contributed by atoms with van der Waals surface area (Å²) in [5, 5.41) is 5.97. The summed E-state index contributed by atoms with van der Waals surface area (Å²) >= 11 is 3.33. The first kappa shape index (κ1) is 23.2. The average molecular weight is 517 g/mol. The summed E-state index contributed by atoms with van der Waals surface area (Å²) in [4.78, 5) is 24.6. The molecule has 0 spiro atoms. The molecule has 1 atom stereocenters. The normalized spacial score (nSPS) is 11.8. The van der Waals surface area contributed by atoms with E-state index in [0.29, 0.717) is 17.1 Å². The van der Waals surface area contributed by atoms with E-state index in [-0.39, 0.29) is 5.91 Å². The topological polar surface area (TPSA) is 77.0 Å². The molecule has 7 heteroatoms. The highest BCUT2D eigenvalue weighted by atomic mass is 79.9. The predicted octanol–water partition coefficient (Wildman–Crippen LogP) is 5.74. The third-order valence-electron chi connectivity index (χ3n) is 4.98. The van der Waals surface area contributed by atoms with Crippen molar-refractivity contribution in [3.8, 4) is 11.5 Å².